The van der Waals surface area contributed by atoms with Gasteiger partial charge in [-0.2, -0.15) is 5.10 Å². The van der Waals surface area contributed by atoms with Gasteiger partial charge >= 0.3 is 5.97 Å². The highest BCUT2D eigenvalue weighted by molar-refractivity contribution is 9.10. The SMILES string of the molecule is CCOc1cc(C=NNc2ccccc2C(=O)O)cc(Br)c1O. The summed E-state index contributed by atoms with van der Waals surface area (Å²) in [5.41, 5.74) is 3.90. The molecule has 0 aromatic heterocycles. The van der Waals surface area contributed by atoms with Crippen LogP contribution < -0.4 is 10.2 Å². The third-order valence-corrected chi connectivity index (χ3v) is 3.51. The second-order valence-corrected chi connectivity index (χ2v) is 5.36. The van der Waals surface area contributed by atoms with E-state index in [9.17, 15) is 9.90 Å². The summed E-state index contributed by atoms with van der Waals surface area (Å²) in [5, 5.41) is 23.0. The molecule has 0 spiro atoms. The van der Waals surface area contributed by atoms with E-state index in [1.807, 2.05) is 6.92 Å². The van der Waals surface area contributed by atoms with Gasteiger partial charge in [-0.3, -0.25) is 5.43 Å². The van der Waals surface area contributed by atoms with Crippen molar-refractivity contribution in [2.45, 2.75) is 6.92 Å². The standard InChI is InChI=1S/C16H15BrN2O4/c1-2-23-14-8-10(7-12(17)15(14)20)9-18-19-13-6-4-3-5-11(13)16(21)22/h3-9,19-20H,2H2,1H3,(H,21,22). The molecule has 0 aliphatic rings. The fourth-order valence-electron chi connectivity index (χ4n) is 1.88. The molecule has 120 valence electrons. The predicted molar refractivity (Wildman–Crippen MR) is 91.6 cm³/mol. The maximum Gasteiger partial charge on any atom is 0.337 e. The van der Waals surface area contributed by atoms with Gasteiger partial charge in [0.15, 0.2) is 11.5 Å². The number of hydrazone groups is 1. The number of nitrogens with zero attached hydrogens (tertiary/aromatic N) is 1. The molecule has 2 aromatic rings. The Morgan fingerprint density at radius 3 is 2.83 bits per heavy atom. The van der Waals surface area contributed by atoms with Crippen LogP contribution in [0, 0.1) is 0 Å². The highest BCUT2D eigenvalue weighted by atomic mass is 79.9. The number of phenolic OH excluding ortho intramolecular Hbond substituents is 1. The van der Waals surface area contributed by atoms with Crippen molar-refractivity contribution in [1.82, 2.24) is 0 Å². The topological polar surface area (TPSA) is 91.2 Å². The van der Waals surface area contributed by atoms with Gasteiger partial charge in [0, 0.05) is 0 Å². The van der Waals surface area contributed by atoms with Gasteiger partial charge in [0.2, 0.25) is 0 Å². The fraction of sp³-hybridized carbons (Fsp3) is 0.125. The van der Waals surface area contributed by atoms with Gasteiger partial charge in [-0.25, -0.2) is 4.79 Å². The number of aromatic hydroxyl groups is 1. The molecule has 0 saturated heterocycles. The summed E-state index contributed by atoms with van der Waals surface area (Å²) in [6, 6.07) is 9.78. The Bertz CT molecular complexity index is 747. The van der Waals surface area contributed by atoms with Crippen LogP contribution in [0.2, 0.25) is 0 Å². The summed E-state index contributed by atoms with van der Waals surface area (Å²) >= 11 is 3.24. The number of nitrogens with one attached hydrogen (secondary N) is 1. The van der Waals surface area contributed by atoms with Crippen molar-refractivity contribution in [1.29, 1.82) is 0 Å². The number of hydrogen-bond donors (Lipinski definition) is 3. The van der Waals surface area contributed by atoms with E-state index in [-0.39, 0.29) is 11.3 Å². The monoisotopic (exact) mass is 378 g/mol. The zero-order chi connectivity index (χ0) is 16.8. The molecule has 7 heteroatoms. The van der Waals surface area contributed by atoms with Crippen LogP contribution in [0.4, 0.5) is 5.69 Å². The third kappa shape index (κ3) is 4.23. The molecule has 6 nitrogen and oxygen atoms in total. The van der Waals surface area contributed by atoms with Crippen molar-refractivity contribution in [2.75, 3.05) is 12.0 Å². The highest BCUT2D eigenvalue weighted by Gasteiger charge is 2.09. The Hall–Kier alpha value is -2.54. The molecule has 2 aromatic carbocycles. The zero-order valence-corrected chi connectivity index (χ0v) is 13.9. The van der Waals surface area contributed by atoms with E-state index in [4.69, 9.17) is 9.84 Å². The van der Waals surface area contributed by atoms with Crippen molar-refractivity contribution in [2.24, 2.45) is 5.10 Å². The molecule has 0 fully saturated rings. The normalized spacial score (nSPS) is 10.7. The van der Waals surface area contributed by atoms with Gasteiger partial charge in [0.1, 0.15) is 0 Å². The number of hydrogen-bond acceptors (Lipinski definition) is 5. The molecule has 0 aliphatic carbocycles. The molecule has 0 bridgehead atoms. The Morgan fingerprint density at radius 1 is 1.39 bits per heavy atom. The Morgan fingerprint density at radius 2 is 2.13 bits per heavy atom. The number of rotatable bonds is 6. The largest absolute Gasteiger partial charge is 0.503 e. The number of anilines is 1. The molecule has 0 saturated carbocycles. The molecule has 2 rings (SSSR count). The Balaban J connectivity index is 2.20. The second kappa shape index (κ2) is 7.64. The summed E-state index contributed by atoms with van der Waals surface area (Å²) < 4.78 is 5.82. The van der Waals surface area contributed by atoms with Crippen molar-refractivity contribution in [3.05, 3.63) is 52.0 Å². The molecule has 0 heterocycles. The van der Waals surface area contributed by atoms with Crippen LogP contribution in [0.25, 0.3) is 0 Å². The maximum absolute atomic E-state index is 11.1. The first-order valence-electron chi connectivity index (χ1n) is 6.79. The molecule has 0 atom stereocenters. The fourth-order valence-corrected chi connectivity index (χ4v) is 2.34. The van der Waals surface area contributed by atoms with E-state index in [2.05, 4.69) is 26.5 Å². The van der Waals surface area contributed by atoms with Gasteiger partial charge in [-0.15, -0.1) is 0 Å². The molecule has 23 heavy (non-hydrogen) atoms. The number of benzene rings is 2. The highest BCUT2D eigenvalue weighted by Crippen LogP contribution is 2.35. The summed E-state index contributed by atoms with van der Waals surface area (Å²) in [4.78, 5) is 11.1. The van der Waals surface area contributed by atoms with E-state index < -0.39 is 5.97 Å². The Kier molecular flexibility index (Phi) is 5.59. The molecule has 0 unspecified atom stereocenters. The summed E-state index contributed by atoms with van der Waals surface area (Å²) in [6.07, 6.45) is 1.51. The molecule has 0 amide bonds. The maximum atomic E-state index is 11.1. The molecule has 0 radical (unpaired) electrons. The average Bonchev–Trinajstić information content (AvgIpc) is 2.52. The lowest BCUT2D eigenvalue weighted by molar-refractivity contribution is 0.0698. The van der Waals surface area contributed by atoms with E-state index in [1.54, 1.807) is 30.3 Å². The minimum atomic E-state index is -1.03. The number of halogens is 1. The molecule has 3 N–H and O–H groups in total. The number of aromatic carboxylic acids is 1. The minimum Gasteiger partial charge on any atom is -0.503 e. The molecular formula is C16H15BrN2O4. The molecule has 0 aliphatic heterocycles. The first-order valence-corrected chi connectivity index (χ1v) is 7.59. The first kappa shape index (κ1) is 16.8. The Labute approximate surface area is 141 Å². The number of phenols is 1. The van der Waals surface area contributed by atoms with Crippen molar-refractivity contribution < 1.29 is 19.7 Å². The van der Waals surface area contributed by atoms with Crippen LogP contribution in [0.3, 0.4) is 0 Å². The van der Waals surface area contributed by atoms with E-state index in [1.165, 1.54) is 12.3 Å². The number of carboxylic acids is 1. The van der Waals surface area contributed by atoms with Crippen LogP contribution in [-0.4, -0.2) is 29.0 Å². The predicted octanol–water partition coefficient (Wildman–Crippen LogP) is 3.70. The lowest BCUT2D eigenvalue weighted by atomic mass is 10.2. The third-order valence-electron chi connectivity index (χ3n) is 2.91. The number of carboxylic acid groups (broad SMARTS) is 1. The summed E-state index contributed by atoms with van der Waals surface area (Å²) in [6.45, 7) is 2.24. The van der Waals surface area contributed by atoms with Crippen LogP contribution in [0.5, 0.6) is 11.5 Å². The number of para-hydroxylation sites is 1. The zero-order valence-electron chi connectivity index (χ0n) is 12.3. The van der Waals surface area contributed by atoms with Crippen molar-refractivity contribution in [3.63, 3.8) is 0 Å². The lowest BCUT2D eigenvalue weighted by Crippen LogP contribution is -2.02. The van der Waals surface area contributed by atoms with Crippen molar-refractivity contribution >= 4 is 33.8 Å². The quantitative estimate of drug-likeness (QED) is 0.526. The van der Waals surface area contributed by atoms with Gasteiger partial charge < -0.3 is 14.9 Å². The number of ether oxygens (including phenoxy) is 1. The first-order chi connectivity index (χ1) is 11.0. The number of carbonyl (C=O) groups is 1. The lowest BCUT2D eigenvalue weighted by Gasteiger charge is -2.08. The van der Waals surface area contributed by atoms with Gasteiger partial charge in [0.05, 0.1) is 28.5 Å². The van der Waals surface area contributed by atoms with E-state index in [0.29, 0.717) is 28.1 Å². The molecular weight excluding hydrogens is 364 g/mol. The van der Waals surface area contributed by atoms with Crippen LogP contribution in [-0.2, 0) is 0 Å². The van der Waals surface area contributed by atoms with Gasteiger partial charge in [0.25, 0.3) is 0 Å². The average molecular weight is 379 g/mol. The van der Waals surface area contributed by atoms with E-state index >= 15 is 0 Å². The van der Waals surface area contributed by atoms with Crippen LogP contribution >= 0.6 is 15.9 Å². The summed E-state index contributed by atoms with van der Waals surface area (Å²) in [5.74, 6) is -0.670. The van der Waals surface area contributed by atoms with Crippen LogP contribution in [0.1, 0.15) is 22.8 Å². The van der Waals surface area contributed by atoms with Crippen molar-refractivity contribution in [3.8, 4) is 11.5 Å². The van der Waals surface area contributed by atoms with Gasteiger partial charge in [-0.05, 0) is 52.7 Å². The summed E-state index contributed by atoms with van der Waals surface area (Å²) in [7, 11) is 0. The minimum absolute atomic E-state index is 0.0215. The second-order valence-electron chi connectivity index (χ2n) is 4.50. The van der Waals surface area contributed by atoms with Gasteiger partial charge in [-0.1, -0.05) is 12.1 Å². The van der Waals surface area contributed by atoms with Crippen LogP contribution in [0.15, 0.2) is 46.0 Å². The van der Waals surface area contributed by atoms with E-state index in [0.717, 1.165) is 0 Å². The smallest absolute Gasteiger partial charge is 0.337 e.